The molecule has 0 amide bonds. The van der Waals surface area contributed by atoms with E-state index in [1.807, 2.05) is 24.4 Å². The van der Waals surface area contributed by atoms with Crippen LogP contribution in [0, 0.1) is 12.3 Å². The van der Waals surface area contributed by atoms with Gasteiger partial charge in [0, 0.05) is 31.3 Å². The third-order valence-electron chi connectivity index (χ3n) is 1.96. The summed E-state index contributed by atoms with van der Waals surface area (Å²) in [5.41, 5.74) is 1.14. The quantitative estimate of drug-likeness (QED) is 0.542. The number of hydrogen-bond donors (Lipinski definition) is 1. The van der Waals surface area contributed by atoms with Gasteiger partial charge in [0.05, 0.1) is 0 Å². The van der Waals surface area contributed by atoms with E-state index in [-0.39, 0.29) is 0 Å². The van der Waals surface area contributed by atoms with E-state index in [1.54, 1.807) is 0 Å². The molecule has 0 aromatic carbocycles. The van der Waals surface area contributed by atoms with Crippen LogP contribution in [0.5, 0.6) is 0 Å². The molecule has 0 atom stereocenters. The molecule has 1 rings (SSSR count). The van der Waals surface area contributed by atoms with Crippen molar-refractivity contribution in [1.82, 2.24) is 10.3 Å². The fourth-order valence-electron chi connectivity index (χ4n) is 1.20. The number of aromatic nitrogens is 1. The van der Waals surface area contributed by atoms with Gasteiger partial charge in [0.25, 0.3) is 0 Å². The molecule has 1 aromatic rings. The monoisotopic (exact) mass is 188 g/mol. The number of rotatable bonds is 6. The number of nitrogens with one attached hydrogen (secondary N) is 1. The predicted molar refractivity (Wildman–Crippen MR) is 58.9 cm³/mol. The second kappa shape index (κ2) is 7.11. The largest absolute Gasteiger partial charge is 0.316 e. The first-order valence-electron chi connectivity index (χ1n) is 4.97. The van der Waals surface area contributed by atoms with Gasteiger partial charge in [-0.3, -0.25) is 4.98 Å². The molecule has 74 valence electrons. The molecule has 0 bridgehead atoms. The number of nitrogens with zero attached hydrogens (tertiary/aromatic N) is 1. The number of terminal acetylenes is 1. The van der Waals surface area contributed by atoms with E-state index in [9.17, 15) is 0 Å². The van der Waals surface area contributed by atoms with E-state index in [2.05, 4.69) is 16.2 Å². The van der Waals surface area contributed by atoms with Crippen molar-refractivity contribution in [2.75, 3.05) is 13.1 Å². The minimum atomic E-state index is 0.858. The average Bonchev–Trinajstić information content (AvgIpc) is 2.25. The molecule has 1 heterocycles. The highest BCUT2D eigenvalue weighted by Gasteiger charge is 1.91. The van der Waals surface area contributed by atoms with Crippen molar-refractivity contribution in [3.05, 3.63) is 30.1 Å². The molecule has 0 saturated carbocycles. The van der Waals surface area contributed by atoms with Crippen molar-refractivity contribution < 1.29 is 0 Å². The van der Waals surface area contributed by atoms with Crippen LogP contribution in [0.15, 0.2) is 24.4 Å². The topological polar surface area (TPSA) is 24.9 Å². The zero-order valence-electron chi connectivity index (χ0n) is 8.37. The van der Waals surface area contributed by atoms with Crippen molar-refractivity contribution in [3.63, 3.8) is 0 Å². The first-order valence-corrected chi connectivity index (χ1v) is 4.97. The van der Waals surface area contributed by atoms with Crippen molar-refractivity contribution in [2.45, 2.75) is 19.3 Å². The summed E-state index contributed by atoms with van der Waals surface area (Å²) in [6.45, 7) is 1.97. The van der Waals surface area contributed by atoms with Crippen molar-refractivity contribution in [2.24, 2.45) is 0 Å². The molecule has 0 aliphatic carbocycles. The van der Waals surface area contributed by atoms with Gasteiger partial charge in [-0.15, -0.1) is 12.3 Å². The smallest absolute Gasteiger partial charge is 0.0416 e. The van der Waals surface area contributed by atoms with Crippen LogP contribution in [0.1, 0.15) is 18.5 Å². The fourth-order valence-corrected chi connectivity index (χ4v) is 1.20. The Morgan fingerprint density at radius 1 is 1.36 bits per heavy atom. The Balaban J connectivity index is 2.03. The summed E-state index contributed by atoms with van der Waals surface area (Å²) < 4.78 is 0. The third kappa shape index (κ3) is 4.64. The fraction of sp³-hybridized carbons (Fsp3) is 0.417. The van der Waals surface area contributed by atoms with E-state index < -0.39 is 0 Å². The summed E-state index contributed by atoms with van der Waals surface area (Å²) in [7, 11) is 0. The van der Waals surface area contributed by atoms with E-state index in [1.165, 1.54) is 0 Å². The van der Waals surface area contributed by atoms with Gasteiger partial charge >= 0.3 is 0 Å². The Morgan fingerprint density at radius 2 is 2.29 bits per heavy atom. The van der Waals surface area contributed by atoms with E-state index in [0.717, 1.165) is 38.0 Å². The van der Waals surface area contributed by atoms with Gasteiger partial charge in [0.2, 0.25) is 0 Å². The maximum Gasteiger partial charge on any atom is 0.0416 e. The minimum absolute atomic E-state index is 0.858. The van der Waals surface area contributed by atoms with Gasteiger partial charge in [-0.1, -0.05) is 6.07 Å². The van der Waals surface area contributed by atoms with Crippen LogP contribution in [0.2, 0.25) is 0 Å². The molecule has 1 aromatic heterocycles. The Kier molecular flexibility index (Phi) is 5.46. The standard InChI is InChI=1S/C12H16N2/c1-2-3-5-9-13-11-8-12-7-4-6-10-14-12/h1,4,6-7,10,13H,3,5,8-9,11H2. The molecule has 0 fully saturated rings. The van der Waals surface area contributed by atoms with Gasteiger partial charge in [0.15, 0.2) is 0 Å². The van der Waals surface area contributed by atoms with Gasteiger partial charge in [-0.2, -0.15) is 0 Å². The summed E-state index contributed by atoms with van der Waals surface area (Å²) in [5, 5.41) is 3.33. The normalized spacial score (nSPS) is 9.64. The molecule has 0 aliphatic heterocycles. The van der Waals surface area contributed by atoms with E-state index in [4.69, 9.17) is 6.42 Å². The molecular weight excluding hydrogens is 172 g/mol. The predicted octanol–water partition coefficient (Wildman–Crippen LogP) is 1.63. The van der Waals surface area contributed by atoms with Gasteiger partial charge in [-0.25, -0.2) is 0 Å². The van der Waals surface area contributed by atoms with Gasteiger partial charge < -0.3 is 5.32 Å². The Bertz CT molecular complexity index is 274. The second-order valence-electron chi connectivity index (χ2n) is 3.13. The molecule has 0 radical (unpaired) electrons. The van der Waals surface area contributed by atoms with Crippen LogP contribution in [0.4, 0.5) is 0 Å². The SMILES string of the molecule is C#CCCCNCCc1ccccn1. The van der Waals surface area contributed by atoms with Crippen LogP contribution < -0.4 is 5.32 Å². The maximum atomic E-state index is 5.15. The molecule has 0 aliphatic rings. The lowest BCUT2D eigenvalue weighted by Crippen LogP contribution is -2.18. The number of unbranched alkanes of at least 4 members (excludes halogenated alkanes) is 1. The molecular formula is C12H16N2. The van der Waals surface area contributed by atoms with Crippen LogP contribution in [-0.4, -0.2) is 18.1 Å². The number of hydrogen-bond acceptors (Lipinski definition) is 2. The van der Waals surface area contributed by atoms with Crippen LogP contribution in [-0.2, 0) is 6.42 Å². The van der Waals surface area contributed by atoms with Crippen molar-refractivity contribution >= 4 is 0 Å². The summed E-state index contributed by atoms with van der Waals surface area (Å²) >= 11 is 0. The first-order chi connectivity index (χ1) is 6.93. The number of pyridine rings is 1. The van der Waals surface area contributed by atoms with E-state index >= 15 is 0 Å². The highest BCUT2D eigenvalue weighted by atomic mass is 14.8. The Labute approximate surface area is 85.8 Å². The third-order valence-corrected chi connectivity index (χ3v) is 1.96. The molecule has 0 spiro atoms. The molecule has 2 heteroatoms. The van der Waals surface area contributed by atoms with Gasteiger partial charge in [0.1, 0.15) is 0 Å². The van der Waals surface area contributed by atoms with Crippen molar-refractivity contribution in [1.29, 1.82) is 0 Å². The highest BCUT2D eigenvalue weighted by Crippen LogP contribution is 1.93. The van der Waals surface area contributed by atoms with Crippen LogP contribution >= 0.6 is 0 Å². The minimum Gasteiger partial charge on any atom is -0.316 e. The Morgan fingerprint density at radius 3 is 3.00 bits per heavy atom. The van der Waals surface area contributed by atoms with E-state index in [0.29, 0.717) is 0 Å². The first kappa shape index (κ1) is 10.7. The zero-order chi connectivity index (χ0) is 10.1. The molecule has 1 N–H and O–H groups in total. The molecule has 2 nitrogen and oxygen atoms in total. The summed E-state index contributed by atoms with van der Waals surface area (Å²) in [4.78, 5) is 4.24. The van der Waals surface area contributed by atoms with Crippen LogP contribution in [0.25, 0.3) is 0 Å². The van der Waals surface area contributed by atoms with Crippen LogP contribution in [0.3, 0.4) is 0 Å². The Hall–Kier alpha value is -1.33. The second-order valence-corrected chi connectivity index (χ2v) is 3.13. The molecule has 14 heavy (non-hydrogen) atoms. The lowest BCUT2D eigenvalue weighted by atomic mass is 10.2. The summed E-state index contributed by atoms with van der Waals surface area (Å²) in [6, 6.07) is 5.99. The zero-order valence-corrected chi connectivity index (χ0v) is 8.37. The summed E-state index contributed by atoms with van der Waals surface area (Å²) in [6.07, 6.45) is 9.87. The van der Waals surface area contributed by atoms with Gasteiger partial charge in [-0.05, 0) is 25.1 Å². The average molecular weight is 188 g/mol. The highest BCUT2D eigenvalue weighted by molar-refractivity contribution is 5.03. The lowest BCUT2D eigenvalue weighted by molar-refractivity contribution is 0.651. The maximum absolute atomic E-state index is 5.15. The lowest BCUT2D eigenvalue weighted by Gasteiger charge is -2.02. The summed E-state index contributed by atoms with van der Waals surface area (Å²) in [5.74, 6) is 2.62. The van der Waals surface area contributed by atoms with Crippen molar-refractivity contribution in [3.8, 4) is 12.3 Å². The molecule has 0 unspecified atom stereocenters. The molecule has 0 saturated heterocycles.